The number of halogens is 2. The van der Waals surface area contributed by atoms with Gasteiger partial charge in [0.2, 0.25) is 0 Å². The van der Waals surface area contributed by atoms with Crippen LogP contribution >= 0.6 is 0 Å². The number of esters is 1. The SMILES string of the molecule is CCC(=O)O[C@](Cc1ccc(F)cc1)(c1ccc([18F])c(C)c1)[C@H](C)CN(C)C. The van der Waals surface area contributed by atoms with Gasteiger partial charge in [0.05, 0.1) is 0 Å². The van der Waals surface area contributed by atoms with Gasteiger partial charge in [-0.1, -0.05) is 32.0 Å². The van der Waals surface area contributed by atoms with E-state index in [0.29, 0.717) is 18.5 Å². The Bertz CT molecular complexity index is 805. The van der Waals surface area contributed by atoms with Crippen LogP contribution in [0.5, 0.6) is 0 Å². The third kappa shape index (κ3) is 5.16. The molecule has 2 rings (SSSR count). The van der Waals surface area contributed by atoms with E-state index in [1.54, 1.807) is 38.1 Å². The highest BCUT2D eigenvalue weighted by Crippen LogP contribution is 2.39. The molecule has 0 aliphatic rings. The van der Waals surface area contributed by atoms with E-state index in [4.69, 9.17) is 4.74 Å². The first-order valence-corrected chi connectivity index (χ1v) is 9.55. The van der Waals surface area contributed by atoms with Gasteiger partial charge in [-0.25, -0.2) is 8.78 Å². The first-order valence-electron chi connectivity index (χ1n) is 9.55. The zero-order valence-corrected chi connectivity index (χ0v) is 17.3. The maximum absolute atomic E-state index is 13.9. The van der Waals surface area contributed by atoms with Crippen LogP contribution in [-0.2, 0) is 21.6 Å². The summed E-state index contributed by atoms with van der Waals surface area (Å²) in [6, 6.07) is 11.0. The van der Waals surface area contributed by atoms with Crippen molar-refractivity contribution in [3.05, 3.63) is 70.8 Å². The Morgan fingerprint density at radius 2 is 1.79 bits per heavy atom. The number of aryl methyl sites for hydroxylation is 1. The summed E-state index contributed by atoms with van der Waals surface area (Å²) in [5.41, 5.74) is 1.09. The van der Waals surface area contributed by atoms with Crippen LogP contribution in [-0.4, -0.2) is 31.5 Å². The molecule has 0 N–H and O–H groups in total. The second-order valence-electron chi connectivity index (χ2n) is 7.65. The predicted molar refractivity (Wildman–Crippen MR) is 107 cm³/mol. The summed E-state index contributed by atoms with van der Waals surface area (Å²) in [5, 5.41) is 0. The molecule has 5 heteroatoms. The molecule has 3 nitrogen and oxygen atoms in total. The highest BCUT2D eigenvalue weighted by molar-refractivity contribution is 5.70. The molecule has 0 heterocycles. The molecular weight excluding hydrogens is 359 g/mol. The first-order chi connectivity index (χ1) is 13.2. The molecule has 0 saturated carbocycles. The topological polar surface area (TPSA) is 29.5 Å². The molecule has 28 heavy (non-hydrogen) atoms. The van der Waals surface area contributed by atoms with E-state index in [9.17, 15) is 13.6 Å². The van der Waals surface area contributed by atoms with Gasteiger partial charge in [0.25, 0.3) is 0 Å². The van der Waals surface area contributed by atoms with E-state index >= 15 is 0 Å². The zero-order valence-electron chi connectivity index (χ0n) is 17.3. The average Bonchev–Trinajstić information content (AvgIpc) is 2.64. The van der Waals surface area contributed by atoms with E-state index in [0.717, 1.165) is 11.1 Å². The number of hydrogen-bond acceptors (Lipinski definition) is 3. The summed E-state index contributed by atoms with van der Waals surface area (Å²) in [6.07, 6.45) is 0.610. The Morgan fingerprint density at radius 1 is 1.14 bits per heavy atom. The third-order valence-corrected chi connectivity index (χ3v) is 5.05. The van der Waals surface area contributed by atoms with Crippen molar-refractivity contribution in [2.75, 3.05) is 20.6 Å². The molecule has 0 unspecified atom stereocenters. The van der Waals surface area contributed by atoms with Crippen molar-refractivity contribution in [3.63, 3.8) is 0 Å². The van der Waals surface area contributed by atoms with Crippen LogP contribution in [0.15, 0.2) is 42.5 Å². The highest BCUT2D eigenvalue weighted by atomic mass is 19.1. The van der Waals surface area contributed by atoms with Crippen molar-refractivity contribution in [1.82, 2.24) is 4.90 Å². The molecule has 0 radical (unpaired) electrons. The van der Waals surface area contributed by atoms with Crippen molar-refractivity contribution >= 4 is 5.97 Å². The van der Waals surface area contributed by atoms with Gasteiger partial charge in [-0.05, 0) is 62.0 Å². The second kappa shape index (κ2) is 9.28. The van der Waals surface area contributed by atoms with E-state index in [-0.39, 0.29) is 29.9 Å². The normalized spacial score (nSPS) is 14.6. The maximum atomic E-state index is 13.9. The minimum atomic E-state index is -0.992. The van der Waals surface area contributed by atoms with Crippen molar-refractivity contribution in [1.29, 1.82) is 0 Å². The Hall–Kier alpha value is -2.27. The van der Waals surface area contributed by atoms with Gasteiger partial charge >= 0.3 is 5.97 Å². The number of rotatable bonds is 8. The molecule has 0 saturated heterocycles. The lowest BCUT2D eigenvalue weighted by Crippen LogP contribution is -2.45. The number of hydrogen-bond donors (Lipinski definition) is 0. The Morgan fingerprint density at radius 3 is 2.32 bits per heavy atom. The van der Waals surface area contributed by atoms with Crippen LogP contribution in [0.3, 0.4) is 0 Å². The zero-order chi connectivity index (χ0) is 20.9. The largest absolute Gasteiger partial charge is 0.453 e. The number of ether oxygens (including phenoxy) is 1. The third-order valence-electron chi connectivity index (χ3n) is 5.05. The Labute approximate surface area is 166 Å². The number of benzene rings is 2. The molecule has 2 aromatic carbocycles. The van der Waals surface area contributed by atoms with Crippen molar-refractivity contribution in [2.24, 2.45) is 5.92 Å². The van der Waals surface area contributed by atoms with E-state index < -0.39 is 5.60 Å². The standard InChI is InChI=1S/C23H29F2NO2/c1-6-22(27)28-23(17(3)15-26(4)5,14-18-7-10-20(24)11-8-18)19-9-12-21(25)16(2)13-19/h7-13,17H,6,14-15H2,1-5H3/t17-,23+/m1/s1/i25-1. The molecule has 0 aromatic heterocycles. The Kier molecular flexibility index (Phi) is 7.30. The average molecular weight is 388 g/mol. The molecule has 0 aliphatic carbocycles. The first kappa shape index (κ1) is 22.0. The fourth-order valence-electron chi connectivity index (χ4n) is 3.54. The summed E-state index contributed by atoms with van der Waals surface area (Å²) >= 11 is 0. The molecule has 2 aromatic rings. The highest BCUT2D eigenvalue weighted by Gasteiger charge is 2.42. The van der Waals surface area contributed by atoms with Gasteiger partial charge in [-0.2, -0.15) is 0 Å². The van der Waals surface area contributed by atoms with E-state index in [1.807, 2.05) is 25.9 Å². The molecule has 152 valence electrons. The lowest BCUT2D eigenvalue weighted by molar-refractivity contribution is -0.168. The molecule has 0 aliphatic heterocycles. The summed E-state index contributed by atoms with van der Waals surface area (Å²) in [5.74, 6) is -1.04. The fraction of sp³-hybridized carbons (Fsp3) is 0.435. The molecule has 0 bridgehead atoms. The summed E-state index contributed by atoms with van der Waals surface area (Å²) in [7, 11) is 3.91. The lowest BCUT2D eigenvalue weighted by atomic mass is 9.76. The van der Waals surface area contributed by atoms with Gasteiger partial charge in [0.1, 0.15) is 17.2 Å². The van der Waals surface area contributed by atoms with Crippen molar-refractivity contribution in [2.45, 2.75) is 39.2 Å². The molecule has 0 fully saturated rings. The van der Waals surface area contributed by atoms with Crippen molar-refractivity contribution < 1.29 is 18.3 Å². The van der Waals surface area contributed by atoms with Crippen LogP contribution < -0.4 is 0 Å². The fourth-order valence-corrected chi connectivity index (χ4v) is 3.54. The predicted octanol–water partition coefficient (Wildman–Crippen LogP) is 4.86. The quantitative estimate of drug-likeness (QED) is 0.605. The van der Waals surface area contributed by atoms with Gasteiger partial charge in [-0.15, -0.1) is 0 Å². The van der Waals surface area contributed by atoms with Crippen LogP contribution in [0, 0.1) is 24.5 Å². The summed E-state index contributed by atoms with van der Waals surface area (Å²) in [4.78, 5) is 14.4. The van der Waals surface area contributed by atoms with Gasteiger partial charge in [0, 0.05) is 25.3 Å². The van der Waals surface area contributed by atoms with Crippen LogP contribution in [0.25, 0.3) is 0 Å². The Balaban J connectivity index is 2.62. The molecule has 0 amide bonds. The van der Waals surface area contributed by atoms with Crippen LogP contribution in [0.2, 0.25) is 0 Å². The second-order valence-corrected chi connectivity index (χ2v) is 7.65. The van der Waals surface area contributed by atoms with Crippen molar-refractivity contribution in [3.8, 4) is 0 Å². The van der Waals surface area contributed by atoms with Gasteiger partial charge in [-0.3, -0.25) is 4.79 Å². The molecule has 2 atom stereocenters. The van der Waals surface area contributed by atoms with E-state index in [1.165, 1.54) is 18.2 Å². The van der Waals surface area contributed by atoms with Gasteiger partial charge < -0.3 is 9.64 Å². The minimum Gasteiger partial charge on any atom is -0.453 e. The summed E-state index contributed by atoms with van der Waals surface area (Å²) < 4.78 is 33.4. The molecular formula is C23H29F2NO2. The van der Waals surface area contributed by atoms with E-state index in [2.05, 4.69) is 0 Å². The van der Waals surface area contributed by atoms with Gasteiger partial charge in [0.15, 0.2) is 0 Å². The minimum absolute atomic E-state index is 0.0899. The maximum Gasteiger partial charge on any atom is 0.306 e. The summed E-state index contributed by atoms with van der Waals surface area (Å²) in [6.45, 7) is 6.12. The molecule has 0 spiro atoms. The number of nitrogens with zero attached hydrogens (tertiary/aromatic N) is 1. The number of carbonyl (C=O) groups excluding carboxylic acids is 1. The van der Waals surface area contributed by atoms with Crippen LogP contribution in [0.4, 0.5) is 8.78 Å². The smallest absolute Gasteiger partial charge is 0.306 e. The lowest BCUT2D eigenvalue weighted by Gasteiger charge is -2.40. The van der Waals surface area contributed by atoms with Crippen LogP contribution in [0.1, 0.15) is 37.0 Å². The monoisotopic (exact) mass is 388 g/mol. The number of carbonyl (C=O) groups is 1.